The van der Waals surface area contributed by atoms with Gasteiger partial charge < -0.3 is 0 Å². The summed E-state index contributed by atoms with van der Waals surface area (Å²) in [5, 5.41) is 0. The minimum absolute atomic E-state index is 0.0509. The summed E-state index contributed by atoms with van der Waals surface area (Å²) in [6.45, 7) is 5.03. The van der Waals surface area contributed by atoms with Gasteiger partial charge in [-0.2, -0.15) is 0 Å². The normalized spacial score (nSPS) is 9.77. The third-order valence-corrected chi connectivity index (χ3v) is 2.24. The molecule has 0 spiro atoms. The largest absolute Gasteiger partial charge is 0.289 e. The Kier molecular flexibility index (Phi) is 2.98. The fourth-order valence-electron chi connectivity index (χ4n) is 0.928. The quantitative estimate of drug-likeness (QED) is 0.575. The van der Waals surface area contributed by atoms with Gasteiger partial charge in [-0.1, -0.05) is 12.6 Å². The molecular formula is C10H8BrFO. The summed E-state index contributed by atoms with van der Waals surface area (Å²) >= 11 is 3.11. The van der Waals surface area contributed by atoms with E-state index in [9.17, 15) is 9.18 Å². The van der Waals surface area contributed by atoms with Crippen molar-refractivity contribution in [2.75, 3.05) is 0 Å². The van der Waals surface area contributed by atoms with E-state index in [1.54, 1.807) is 13.0 Å². The fraction of sp³-hybridized carbons (Fsp3) is 0.100. The van der Waals surface area contributed by atoms with Gasteiger partial charge in [0.1, 0.15) is 5.82 Å². The number of benzene rings is 1. The van der Waals surface area contributed by atoms with Crippen molar-refractivity contribution in [1.29, 1.82) is 0 Å². The van der Waals surface area contributed by atoms with Crippen molar-refractivity contribution >= 4 is 21.7 Å². The zero-order valence-electron chi connectivity index (χ0n) is 7.10. The van der Waals surface area contributed by atoms with Crippen LogP contribution in [0, 0.1) is 5.82 Å². The maximum Gasteiger partial charge on any atom is 0.192 e. The van der Waals surface area contributed by atoms with Crippen LogP contribution >= 0.6 is 15.9 Å². The van der Waals surface area contributed by atoms with Crippen LogP contribution in [-0.4, -0.2) is 5.78 Å². The second kappa shape index (κ2) is 3.83. The number of ketones is 1. The van der Waals surface area contributed by atoms with Crippen molar-refractivity contribution in [3.05, 3.63) is 46.2 Å². The lowest BCUT2D eigenvalue weighted by Gasteiger charge is -2.03. The minimum atomic E-state index is -0.526. The van der Waals surface area contributed by atoms with Gasteiger partial charge in [0.2, 0.25) is 0 Å². The first kappa shape index (κ1) is 10.1. The fourth-order valence-corrected chi connectivity index (χ4v) is 1.45. The topological polar surface area (TPSA) is 17.1 Å². The summed E-state index contributed by atoms with van der Waals surface area (Å²) in [4.78, 5) is 11.4. The summed E-state index contributed by atoms with van der Waals surface area (Å²) < 4.78 is 13.6. The number of Topliss-reactive ketones (excluding diaryl/α,β-unsaturated/α-hetero) is 1. The lowest BCUT2D eigenvalue weighted by molar-refractivity contribution is 0.103. The van der Waals surface area contributed by atoms with Gasteiger partial charge in [-0.15, -0.1) is 0 Å². The lowest BCUT2D eigenvalue weighted by atomic mass is 10.1. The van der Waals surface area contributed by atoms with E-state index in [-0.39, 0.29) is 11.3 Å². The van der Waals surface area contributed by atoms with Gasteiger partial charge in [0.05, 0.1) is 5.56 Å². The number of hydrogen-bond donors (Lipinski definition) is 0. The SMILES string of the molecule is C=C(C)C(=O)c1c(F)cccc1Br. The van der Waals surface area contributed by atoms with E-state index >= 15 is 0 Å². The Morgan fingerprint density at radius 3 is 2.62 bits per heavy atom. The van der Waals surface area contributed by atoms with Gasteiger partial charge in [0.15, 0.2) is 5.78 Å². The molecule has 0 radical (unpaired) electrons. The van der Waals surface area contributed by atoms with Crippen LogP contribution in [0.3, 0.4) is 0 Å². The molecule has 0 amide bonds. The molecule has 0 aromatic heterocycles. The number of allylic oxidation sites excluding steroid dienone is 1. The summed E-state index contributed by atoms with van der Waals surface area (Å²) in [6, 6.07) is 4.41. The average Bonchev–Trinajstić information content (AvgIpc) is 2.03. The van der Waals surface area contributed by atoms with Crippen molar-refractivity contribution in [2.24, 2.45) is 0 Å². The van der Waals surface area contributed by atoms with Crippen molar-refractivity contribution in [2.45, 2.75) is 6.92 Å². The maximum atomic E-state index is 13.2. The second-order valence-corrected chi connectivity index (χ2v) is 3.56. The highest BCUT2D eigenvalue weighted by molar-refractivity contribution is 9.10. The monoisotopic (exact) mass is 242 g/mol. The molecule has 0 aliphatic rings. The van der Waals surface area contributed by atoms with E-state index in [1.165, 1.54) is 12.1 Å². The number of hydrogen-bond acceptors (Lipinski definition) is 1. The highest BCUT2D eigenvalue weighted by Gasteiger charge is 2.15. The first-order chi connectivity index (χ1) is 6.04. The minimum Gasteiger partial charge on any atom is -0.289 e. The van der Waals surface area contributed by atoms with Crippen molar-refractivity contribution in [3.8, 4) is 0 Å². The number of carbonyl (C=O) groups is 1. The third-order valence-electron chi connectivity index (χ3n) is 1.58. The van der Waals surface area contributed by atoms with Crippen LogP contribution < -0.4 is 0 Å². The molecule has 1 aromatic carbocycles. The van der Waals surface area contributed by atoms with Gasteiger partial charge in [-0.25, -0.2) is 4.39 Å². The first-order valence-electron chi connectivity index (χ1n) is 3.68. The average molecular weight is 243 g/mol. The van der Waals surface area contributed by atoms with Crippen LogP contribution in [0.15, 0.2) is 34.8 Å². The van der Waals surface area contributed by atoms with E-state index in [2.05, 4.69) is 22.5 Å². The molecule has 0 fully saturated rings. The van der Waals surface area contributed by atoms with Crippen LogP contribution in [-0.2, 0) is 0 Å². The Balaban J connectivity index is 3.28. The van der Waals surface area contributed by atoms with Gasteiger partial charge in [0, 0.05) is 4.47 Å². The molecule has 13 heavy (non-hydrogen) atoms. The second-order valence-electron chi connectivity index (χ2n) is 2.71. The van der Waals surface area contributed by atoms with E-state index in [1.807, 2.05) is 0 Å². The summed E-state index contributed by atoms with van der Waals surface area (Å²) in [5.41, 5.74) is 0.376. The molecular weight excluding hydrogens is 235 g/mol. The van der Waals surface area contributed by atoms with E-state index in [0.29, 0.717) is 10.0 Å². The molecule has 0 saturated carbocycles. The highest BCUT2D eigenvalue weighted by atomic mass is 79.9. The van der Waals surface area contributed by atoms with E-state index in [0.717, 1.165) is 0 Å². The molecule has 0 aliphatic carbocycles. The summed E-state index contributed by atoms with van der Waals surface area (Å²) in [7, 11) is 0. The molecule has 3 heteroatoms. The van der Waals surface area contributed by atoms with Crippen LogP contribution in [0.2, 0.25) is 0 Å². The molecule has 1 aromatic rings. The molecule has 0 aliphatic heterocycles. The van der Waals surface area contributed by atoms with Crippen LogP contribution in [0.4, 0.5) is 4.39 Å². The van der Waals surface area contributed by atoms with Crippen LogP contribution in [0.1, 0.15) is 17.3 Å². The predicted molar refractivity (Wildman–Crippen MR) is 53.2 cm³/mol. The van der Waals surface area contributed by atoms with Crippen LogP contribution in [0.5, 0.6) is 0 Å². The molecule has 68 valence electrons. The molecule has 0 unspecified atom stereocenters. The lowest BCUT2D eigenvalue weighted by Crippen LogP contribution is -2.03. The van der Waals surface area contributed by atoms with Gasteiger partial charge in [0.25, 0.3) is 0 Å². The maximum absolute atomic E-state index is 13.2. The number of carbonyl (C=O) groups excluding carboxylic acids is 1. The third kappa shape index (κ3) is 2.04. The molecule has 0 N–H and O–H groups in total. The Hall–Kier alpha value is -0.960. The first-order valence-corrected chi connectivity index (χ1v) is 4.47. The Morgan fingerprint density at radius 2 is 2.15 bits per heavy atom. The van der Waals surface area contributed by atoms with E-state index < -0.39 is 5.82 Å². The summed E-state index contributed by atoms with van der Waals surface area (Å²) in [5.74, 6) is -0.896. The molecule has 1 nitrogen and oxygen atoms in total. The standard InChI is InChI=1S/C10H8BrFO/c1-6(2)10(13)9-7(11)4-3-5-8(9)12/h3-5H,1H2,2H3. The van der Waals surface area contributed by atoms with Gasteiger partial charge in [-0.3, -0.25) is 4.79 Å². The van der Waals surface area contributed by atoms with Gasteiger partial charge >= 0.3 is 0 Å². The molecule has 1 rings (SSSR count). The number of rotatable bonds is 2. The molecule has 0 heterocycles. The Labute approximate surface area is 84.4 Å². The van der Waals surface area contributed by atoms with Gasteiger partial charge in [-0.05, 0) is 40.6 Å². The molecule has 0 atom stereocenters. The van der Waals surface area contributed by atoms with Crippen molar-refractivity contribution < 1.29 is 9.18 Å². The van der Waals surface area contributed by atoms with Crippen LogP contribution in [0.25, 0.3) is 0 Å². The Bertz CT molecular complexity index is 351. The molecule has 0 saturated heterocycles. The summed E-state index contributed by atoms with van der Waals surface area (Å²) in [6.07, 6.45) is 0. The molecule has 0 bridgehead atoms. The highest BCUT2D eigenvalue weighted by Crippen LogP contribution is 2.21. The zero-order valence-corrected chi connectivity index (χ0v) is 8.69. The predicted octanol–water partition coefficient (Wildman–Crippen LogP) is 3.35. The smallest absolute Gasteiger partial charge is 0.192 e. The van der Waals surface area contributed by atoms with Crippen molar-refractivity contribution in [1.82, 2.24) is 0 Å². The Morgan fingerprint density at radius 1 is 1.54 bits per heavy atom. The van der Waals surface area contributed by atoms with Crippen molar-refractivity contribution in [3.63, 3.8) is 0 Å². The number of halogens is 2. The zero-order chi connectivity index (χ0) is 10.0. The van der Waals surface area contributed by atoms with E-state index in [4.69, 9.17) is 0 Å².